The van der Waals surface area contributed by atoms with Crippen LogP contribution in [0.4, 0.5) is 0 Å². The molecule has 2 N–H and O–H groups in total. The van der Waals surface area contributed by atoms with Gasteiger partial charge in [-0.15, -0.1) is 0 Å². The molecule has 1 atom stereocenters. The molecule has 64 valence electrons. The van der Waals surface area contributed by atoms with Crippen LogP contribution in [0.2, 0.25) is 0 Å². The average Bonchev–Trinajstić information content (AvgIpc) is 2.59. The fourth-order valence-corrected chi connectivity index (χ4v) is 1.96. The Morgan fingerprint density at radius 3 is 2.73 bits per heavy atom. The third-order valence-corrected chi connectivity index (χ3v) is 3.07. The number of hydrogen-bond acceptors (Lipinski definition) is 2. The molecule has 1 aliphatic carbocycles. The molecule has 2 nitrogen and oxygen atoms in total. The summed E-state index contributed by atoms with van der Waals surface area (Å²) in [6.07, 6.45) is 6.96. The molecule has 0 amide bonds. The quantitative estimate of drug-likeness (QED) is 0.666. The molecule has 0 spiro atoms. The van der Waals surface area contributed by atoms with Crippen molar-refractivity contribution in [3.05, 3.63) is 0 Å². The lowest BCUT2D eigenvalue weighted by atomic mass is 9.97. The second-order valence-electron chi connectivity index (χ2n) is 4.04. The Kier molecular flexibility index (Phi) is 1.90. The molecule has 0 bridgehead atoms. The lowest BCUT2D eigenvalue weighted by molar-refractivity contribution is 0.0867. The minimum absolute atomic E-state index is 0.509. The first-order valence-corrected chi connectivity index (χ1v) is 4.66. The maximum Gasteiger partial charge on any atom is 0.0581 e. The molecule has 0 aromatic carbocycles. The van der Waals surface area contributed by atoms with Crippen LogP contribution in [-0.4, -0.2) is 19.3 Å². The first-order valence-electron chi connectivity index (χ1n) is 4.66. The van der Waals surface area contributed by atoms with Gasteiger partial charge in [-0.2, -0.15) is 0 Å². The lowest BCUT2D eigenvalue weighted by Crippen LogP contribution is -2.21. The zero-order valence-electron chi connectivity index (χ0n) is 7.01. The topological polar surface area (TPSA) is 35.2 Å². The highest BCUT2D eigenvalue weighted by atomic mass is 16.5. The van der Waals surface area contributed by atoms with Crippen LogP contribution in [0.1, 0.15) is 32.1 Å². The van der Waals surface area contributed by atoms with Crippen molar-refractivity contribution in [3.63, 3.8) is 0 Å². The van der Waals surface area contributed by atoms with E-state index in [9.17, 15) is 0 Å². The molecule has 1 saturated heterocycles. The van der Waals surface area contributed by atoms with E-state index in [2.05, 4.69) is 0 Å². The van der Waals surface area contributed by atoms with Crippen LogP contribution in [0.3, 0.4) is 0 Å². The standard InChI is InChI=1S/C9H17NO/c10-7-9(3-4-9)6-8-2-1-5-11-8/h8H,1-7,10H2. The highest BCUT2D eigenvalue weighted by Crippen LogP contribution is 2.49. The van der Waals surface area contributed by atoms with E-state index in [-0.39, 0.29) is 0 Å². The van der Waals surface area contributed by atoms with Gasteiger partial charge in [-0.25, -0.2) is 0 Å². The Balaban J connectivity index is 1.80. The normalized spacial score (nSPS) is 34.1. The summed E-state index contributed by atoms with van der Waals surface area (Å²) < 4.78 is 5.58. The van der Waals surface area contributed by atoms with Gasteiger partial charge < -0.3 is 10.5 Å². The van der Waals surface area contributed by atoms with E-state index in [1.165, 1.54) is 32.1 Å². The van der Waals surface area contributed by atoms with Gasteiger partial charge in [0.1, 0.15) is 0 Å². The molecule has 2 rings (SSSR count). The van der Waals surface area contributed by atoms with Gasteiger partial charge in [0.25, 0.3) is 0 Å². The van der Waals surface area contributed by atoms with E-state index in [4.69, 9.17) is 10.5 Å². The van der Waals surface area contributed by atoms with E-state index in [1.807, 2.05) is 0 Å². The first-order chi connectivity index (χ1) is 5.35. The van der Waals surface area contributed by atoms with Crippen molar-refractivity contribution in [3.8, 4) is 0 Å². The molecular weight excluding hydrogens is 138 g/mol. The van der Waals surface area contributed by atoms with Gasteiger partial charge in [0, 0.05) is 6.61 Å². The van der Waals surface area contributed by atoms with Crippen LogP contribution in [0.5, 0.6) is 0 Å². The van der Waals surface area contributed by atoms with Crippen LogP contribution in [0, 0.1) is 5.41 Å². The molecule has 1 aliphatic heterocycles. The third-order valence-electron chi connectivity index (χ3n) is 3.07. The van der Waals surface area contributed by atoms with Crippen molar-refractivity contribution >= 4 is 0 Å². The number of rotatable bonds is 3. The monoisotopic (exact) mass is 155 g/mol. The molecule has 2 fully saturated rings. The van der Waals surface area contributed by atoms with Crippen molar-refractivity contribution in [1.82, 2.24) is 0 Å². The molecule has 0 radical (unpaired) electrons. The van der Waals surface area contributed by atoms with Crippen molar-refractivity contribution in [2.24, 2.45) is 11.1 Å². The molecule has 11 heavy (non-hydrogen) atoms. The van der Waals surface area contributed by atoms with Crippen molar-refractivity contribution in [2.45, 2.75) is 38.2 Å². The van der Waals surface area contributed by atoms with Crippen LogP contribution < -0.4 is 5.73 Å². The zero-order chi connectivity index (χ0) is 7.73. The molecule has 2 aliphatic rings. The second kappa shape index (κ2) is 2.76. The average molecular weight is 155 g/mol. The minimum atomic E-state index is 0.509. The van der Waals surface area contributed by atoms with Crippen LogP contribution >= 0.6 is 0 Å². The van der Waals surface area contributed by atoms with Gasteiger partial charge in [0.15, 0.2) is 0 Å². The highest BCUT2D eigenvalue weighted by molar-refractivity contribution is 4.96. The fourth-order valence-electron chi connectivity index (χ4n) is 1.96. The maximum absolute atomic E-state index is 5.69. The Labute approximate surface area is 68.1 Å². The third kappa shape index (κ3) is 1.57. The van der Waals surface area contributed by atoms with Gasteiger partial charge in [-0.3, -0.25) is 0 Å². The number of hydrogen-bond donors (Lipinski definition) is 1. The summed E-state index contributed by atoms with van der Waals surface area (Å²) in [4.78, 5) is 0. The zero-order valence-corrected chi connectivity index (χ0v) is 7.01. The van der Waals surface area contributed by atoms with Crippen LogP contribution in [0.25, 0.3) is 0 Å². The summed E-state index contributed by atoms with van der Waals surface area (Å²) in [5, 5.41) is 0. The SMILES string of the molecule is NCC1(CC2CCCO2)CC1. The van der Waals surface area contributed by atoms with E-state index >= 15 is 0 Å². The van der Waals surface area contributed by atoms with Gasteiger partial charge in [0.2, 0.25) is 0 Å². The summed E-state index contributed by atoms with van der Waals surface area (Å²) in [5.41, 5.74) is 6.20. The Morgan fingerprint density at radius 2 is 2.27 bits per heavy atom. The van der Waals surface area contributed by atoms with E-state index in [0.717, 1.165) is 13.2 Å². The summed E-state index contributed by atoms with van der Waals surface area (Å²) >= 11 is 0. The van der Waals surface area contributed by atoms with E-state index in [0.29, 0.717) is 11.5 Å². The number of ether oxygens (including phenoxy) is 1. The molecule has 1 saturated carbocycles. The predicted octanol–water partition coefficient (Wildman–Crippen LogP) is 1.29. The van der Waals surface area contributed by atoms with Gasteiger partial charge in [-0.05, 0) is 44.1 Å². The Hall–Kier alpha value is -0.0800. The van der Waals surface area contributed by atoms with Gasteiger partial charge >= 0.3 is 0 Å². The lowest BCUT2D eigenvalue weighted by Gasteiger charge is -2.16. The van der Waals surface area contributed by atoms with Gasteiger partial charge in [0.05, 0.1) is 6.10 Å². The summed E-state index contributed by atoms with van der Waals surface area (Å²) in [5.74, 6) is 0. The fraction of sp³-hybridized carbons (Fsp3) is 1.00. The maximum atomic E-state index is 5.69. The molecule has 0 aromatic rings. The van der Waals surface area contributed by atoms with Crippen molar-refractivity contribution in [2.75, 3.05) is 13.2 Å². The van der Waals surface area contributed by atoms with Gasteiger partial charge in [-0.1, -0.05) is 0 Å². The van der Waals surface area contributed by atoms with Crippen LogP contribution in [0.15, 0.2) is 0 Å². The molecule has 1 heterocycles. The highest BCUT2D eigenvalue weighted by Gasteiger charge is 2.43. The van der Waals surface area contributed by atoms with Crippen molar-refractivity contribution < 1.29 is 4.74 Å². The largest absolute Gasteiger partial charge is 0.378 e. The first kappa shape index (κ1) is 7.56. The van der Waals surface area contributed by atoms with Crippen LogP contribution in [-0.2, 0) is 4.74 Å². The predicted molar refractivity (Wildman–Crippen MR) is 44.3 cm³/mol. The minimum Gasteiger partial charge on any atom is -0.378 e. The molecular formula is C9H17NO. The summed E-state index contributed by atoms with van der Waals surface area (Å²) in [7, 11) is 0. The Morgan fingerprint density at radius 1 is 1.45 bits per heavy atom. The summed E-state index contributed by atoms with van der Waals surface area (Å²) in [6, 6.07) is 0. The van der Waals surface area contributed by atoms with E-state index < -0.39 is 0 Å². The summed E-state index contributed by atoms with van der Waals surface area (Å²) in [6.45, 7) is 1.85. The molecule has 1 unspecified atom stereocenters. The second-order valence-corrected chi connectivity index (χ2v) is 4.04. The molecule has 2 heteroatoms. The number of nitrogens with two attached hydrogens (primary N) is 1. The molecule has 0 aromatic heterocycles. The Bertz CT molecular complexity index is 136. The van der Waals surface area contributed by atoms with Crippen molar-refractivity contribution in [1.29, 1.82) is 0 Å². The van der Waals surface area contributed by atoms with E-state index in [1.54, 1.807) is 0 Å². The smallest absolute Gasteiger partial charge is 0.0581 e.